The van der Waals surface area contributed by atoms with Gasteiger partial charge in [-0.25, -0.2) is 0 Å². The number of hydrogen-bond donors (Lipinski definition) is 0. The topological polar surface area (TPSA) is 35.5 Å². The van der Waals surface area contributed by atoms with E-state index in [0.29, 0.717) is 30.2 Å². The number of hydrogen-bond acceptors (Lipinski definition) is 3. The third-order valence-corrected chi connectivity index (χ3v) is 2.41. The van der Waals surface area contributed by atoms with Gasteiger partial charge in [0.2, 0.25) is 0 Å². The highest BCUT2D eigenvalue weighted by Gasteiger charge is 2.03. The first-order valence-electron chi connectivity index (χ1n) is 5.09. The summed E-state index contributed by atoms with van der Waals surface area (Å²) in [6.07, 6.45) is 0.983. The van der Waals surface area contributed by atoms with Crippen LogP contribution in [0.15, 0.2) is 18.2 Å². The maximum atomic E-state index is 10.8. The normalized spacial score (nSPS) is 9.94. The van der Waals surface area contributed by atoms with Gasteiger partial charge in [-0.05, 0) is 31.0 Å². The van der Waals surface area contributed by atoms with Gasteiger partial charge in [-0.15, -0.1) is 0 Å². The number of methoxy groups -OCH3 is 1. The van der Waals surface area contributed by atoms with E-state index in [0.717, 1.165) is 5.56 Å². The summed E-state index contributed by atoms with van der Waals surface area (Å²) in [5.41, 5.74) is 1.09. The van der Waals surface area contributed by atoms with Crippen LogP contribution in [0.4, 0.5) is 0 Å². The van der Waals surface area contributed by atoms with E-state index in [1.54, 1.807) is 6.07 Å². The molecule has 0 radical (unpaired) electrons. The highest BCUT2D eigenvalue weighted by molar-refractivity contribution is 6.32. The number of esters is 1. The summed E-state index contributed by atoms with van der Waals surface area (Å²) in [5, 5.41) is 0.587. The van der Waals surface area contributed by atoms with Gasteiger partial charge in [0.15, 0.2) is 0 Å². The molecule has 0 aliphatic carbocycles. The van der Waals surface area contributed by atoms with E-state index in [9.17, 15) is 4.79 Å². The molecule has 1 rings (SSSR count). The van der Waals surface area contributed by atoms with Crippen molar-refractivity contribution in [3.05, 3.63) is 28.8 Å². The summed E-state index contributed by atoms with van der Waals surface area (Å²) in [5.74, 6) is 0.436. The molecule has 4 heteroatoms. The molecule has 16 heavy (non-hydrogen) atoms. The van der Waals surface area contributed by atoms with Crippen molar-refractivity contribution in [1.29, 1.82) is 0 Å². The fourth-order valence-electron chi connectivity index (χ4n) is 1.22. The van der Waals surface area contributed by atoms with E-state index < -0.39 is 0 Å². The maximum Gasteiger partial charge on any atom is 0.305 e. The maximum absolute atomic E-state index is 10.8. The van der Waals surface area contributed by atoms with Gasteiger partial charge < -0.3 is 9.47 Å². The molecule has 0 fully saturated rings. The second kappa shape index (κ2) is 6.38. The monoisotopic (exact) mass is 242 g/mol. The average molecular weight is 243 g/mol. The minimum Gasteiger partial charge on any atom is -0.492 e. The Balaban J connectivity index is 2.37. The molecule has 88 valence electrons. The van der Waals surface area contributed by atoms with Crippen molar-refractivity contribution in [2.24, 2.45) is 0 Å². The van der Waals surface area contributed by atoms with Gasteiger partial charge in [0.25, 0.3) is 0 Å². The van der Waals surface area contributed by atoms with Crippen molar-refractivity contribution in [2.75, 3.05) is 13.7 Å². The first-order valence-corrected chi connectivity index (χ1v) is 5.47. The molecule has 0 unspecified atom stereocenters. The largest absolute Gasteiger partial charge is 0.492 e. The van der Waals surface area contributed by atoms with E-state index in [1.165, 1.54) is 7.11 Å². The fraction of sp³-hybridized carbons (Fsp3) is 0.417. The highest BCUT2D eigenvalue weighted by Crippen LogP contribution is 2.25. The third kappa shape index (κ3) is 4.11. The molecule has 0 N–H and O–H groups in total. The third-order valence-electron chi connectivity index (χ3n) is 2.10. The number of carbonyl (C=O) groups is 1. The average Bonchev–Trinajstić information content (AvgIpc) is 2.28. The van der Waals surface area contributed by atoms with Gasteiger partial charge in [-0.3, -0.25) is 4.79 Å². The molecule has 0 saturated carbocycles. The number of halogens is 1. The summed E-state index contributed by atoms with van der Waals surface area (Å²) in [6, 6.07) is 5.59. The van der Waals surface area contributed by atoms with Crippen molar-refractivity contribution in [3.63, 3.8) is 0 Å². The lowest BCUT2D eigenvalue weighted by molar-refractivity contribution is -0.140. The molecule has 0 heterocycles. The van der Waals surface area contributed by atoms with Crippen LogP contribution in [0, 0.1) is 6.92 Å². The Labute approximate surface area is 100 Å². The summed E-state index contributed by atoms with van der Waals surface area (Å²) in [6.45, 7) is 2.43. The smallest absolute Gasteiger partial charge is 0.305 e. The van der Waals surface area contributed by atoms with Gasteiger partial charge in [0, 0.05) is 6.42 Å². The zero-order chi connectivity index (χ0) is 12.0. The van der Waals surface area contributed by atoms with E-state index >= 15 is 0 Å². The van der Waals surface area contributed by atoms with E-state index in [-0.39, 0.29) is 5.97 Å². The Morgan fingerprint density at radius 3 is 2.88 bits per heavy atom. The molecule has 0 bridgehead atoms. The Morgan fingerprint density at radius 1 is 1.44 bits per heavy atom. The number of ether oxygens (including phenoxy) is 2. The molecule has 3 nitrogen and oxygen atoms in total. The van der Waals surface area contributed by atoms with Crippen molar-refractivity contribution in [3.8, 4) is 5.75 Å². The van der Waals surface area contributed by atoms with E-state index in [4.69, 9.17) is 16.3 Å². The Bertz CT molecular complexity index is 363. The van der Waals surface area contributed by atoms with Crippen LogP contribution in [-0.4, -0.2) is 19.7 Å². The summed E-state index contributed by atoms with van der Waals surface area (Å²) >= 11 is 5.95. The standard InChI is InChI=1S/C12H15ClO3/c1-9-5-6-10(13)11(8-9)16-7-3-4-12(14)15-2/h5-6,8H,3-4,7H2,1-2H3. The summed E-state index contributed by atoms with van der Waals surface area (Å²) in [4.78, 5) is 10.8. The molecule has 0 amide bonds. The van der Waals surface area contributed by atoms with Crippen LogP contribution in [0.25, 0.3) is 0 Å². The lowest BCUT2D eigenvalue weighted by atomic mass is 10.2. The van der Waals surface area contributed by atoms with Crippen molar-refractivity contribution in [2.45, 2.75) is 19.8 Å². The predicted octanol–water partition coefficient (Wildman–Crippen LogP) is 2.98. The van der Waals surface area contributed by atoms with Crippen LogP contribution in [0.2, 0.25) is 5.02 Å². The fourth-order valence-corrected chi connectivity index (χ4v) is 1.39. The van der Waals surface area contributed by atoms with Crippen LogP contribution < -0.4 is 4.74 Å². The van der Waals surface area contributed by atoms with Crippen molar-refractivity contribution < 1.29 is 14.3 Å². The summed E-state index contributed by atoms with van der Waals surface area (Å²) < 4.78 is 10.00. The Kier molecular flexibility index (Phi) is 5.12. The molecule has 0 aromatic heterocycles. The van der Waals surface area contributed by atoms with Crippen molar-refractivity contribution in [1.82, 2.24) is 0 Å². The number of benzene rings is 1. The van der Waals surface area contributed by atoms with Crippen LogP contribution >= 0.6 is 11.6 Å². The van der Waals surface area contributed by atoms with Crippen molar-refractivity contribution >= 4 is 17.6 Å². The van der Waals surface area contributed by atoms with Gasteiger partial charge in [0.05, 0.1) is 18.7 Å². The molecular formula is C12H15ClO3. The molecule has 1 aromatic rings. The van der Waals surface area contributed by atoms with Crippen LogP contribution in [0.5, 0.6) is 5.75 Å². The second-order valence-corrected chi connectivity index (χ2v) is 3.87. The van der Waals surface area contributed by atoms with Gasteiger partial charge in [-0.1, -0.05) is 17.7 Å². The number of rotatable bonds is 5. The quantitative estimate of drug-likeness (QED) is 0.588. The summed E-state index contributed by atoms with van der Waals surface area (Å²) in [7, 11) is 1.38. The molecule has 0 spiro atoms. The zero-order valence-electron chi connectivity index (χ0n) is 9.46. The first kappa shape index (κ1) is 12.8. The Hall–Kier alpha value is -1.22. The minimum absolute atomic E-state index is 0.223. The number of carbonyl (C=O) groups excluding carboxylic acids is 1. The molecule has 0 aliphatic rings. The predicted molar refractivity (Wildman–Crippen MR) is 62.9 cm³/mol. The molecule has 0 aliphatic heterocycles. The second-order valence-electron chi connectivity index (χ2n) is 3.46. The van der Waals surface area contributed by atoms with E-state index in [1.807, 2.05) is 19.1 Å². The van der Waals surface area contributed by atoms with Crippen LogP contribution in [-0.2, 0) is 9.53 Å². The first-order chi connectivity index (χ1) is 7.63. The minimum atomic E-state index is -0.223. The van der Waals surface area contributed by atoms with Gasteiger partial charge in [0.1, 0.15) is 5.75 Å². The van der Waals surface area contributed by atoms with Gasteiger partial charge >= 0.3 is 5.97 Å². The lowest BCUT2D eigenvalue weighted by Gasteiger charge is -2.08. The Morgan fingerprint density at radius 2 is 2.19 bits per heavy atom. The molecular weight excluding hydrogens is 228 g/mol. The zero-order valence-corrected chi connectivity index (χ0v) is 10.2. The van der Waals surface area contributed by atoms with E-state index in [2.05, 4.69) is 4.74 Å². The van der Waals surface area contributed by atoms with Gasteiger partial charge in [-0.2, -0.15) is 0 Å². The van der Waals surface area contributed by atoms with Crippen LogP contribution in [0.3, 0.4) is 0 Å². The van der Waals surface area contributed by atoms with Crippen LogP contribution in [0.1, 0.15) is 18.4 Å². The lowest BCUT2D eigenvalue weighted by Crippen LogP contribution is -2.04. The molecule has 0 saturated heterocycles. The molecule has 1 aromatic carbocycles. The molecule has 0 atom stereocenters. The number of aryl methyl sites for hydroxylation is 1. The highest BCUT2D eigenvalue weighted by atomic mass is 35.5. The SMILES string of the molecule is COC(=O)CCCOc1cc(C)ccc1Cl.